The third kappa shape index (κ3) is 4.38. The van der Waals surface area contributed by atoms with Gasteiger partial charge in [0.15, 0.2) is 0 Å². The Morgan fingerprint density at radius 2 is 1.31 bits per heavy atom. The van der Waals surface area contributed by atoms with E-state index < -0.39 is 9.84 Å². The van der Waals surface area contributed by atoms with E-state index in [1.54, 1.807) is 30.3 Å². The van der Waals surface area contributed by atoms with Crippen molar-refractivity contribution in [2.75, 3.05) is 5.32 Å². The molecule has 0 saturated heterocycles. The molecule has 0 aliphatic heterocycles. The van der Waals surface area contributed by atoms with Crippen molar-refractivity contribution < 1.29 is 12.8 Å². The molecule has 1 aromatic heterocycles. The largest absolute Gasteiger partial charge is 0.423 e. The fourth-order valence-corrected chi connectivity index (χ4v) is 4.30. The molecule has 3 aromatic carbocycles. The number of hydrogen-bond acceptors (Lipinski definition) is 5. The number of aromatic nitrogens is 1. The van der Waals surface area contributed by atoms with E-state index in [0.29, 0.717) is 18.9 Å². The summed E-state index contributed by atoms with van der Waals surface area (Å²) in [6.07, 6.45) is 0.408. The number of nitrogens with zero attached hydrogens (tertiary/aromatic N) is 1. The maximum atomic E-state index is 13.2. The monoisotopic (exact) mass is 404 g/mol. The topological polar surface area (TPSA) is 72.2 Å². The van der Waals surface area contributed by atoms with Crippen molar-refractivity contribution in [1.29, 1.82) is 0 Å². The van der Waals surface area contributed by atoms with Crippen LogP contribution in [0.2, 0.25) is 0 Å². The highest BCUT2D eigenvalue weighted by Gasteiger charge is 2.28. The van der Waals surface area contributed by atoms with Gasteiger partial charge in [-0.2, -0.15) is 4.98 Å². The Bertz CT molecular complexity index is 1170. The second kappa shape index (κ2) is 8.32. The van der Waals surface area contributed by atoms with Gasteiger partial charge < -0.3 is 9.73 Å². The Kier molecular flexibility index (Phi) is 5.44. The molecule has 4 rings (SSSR count). The fraction of sp³-hybridized carbons (Fsp3) is 0.0870. The average Bonchev–Trinajstić information content (AvgIpc) is 3.18. The van der Waals surface area contributed by atoms with Crippen molar-refractivity contribution in [1.82, 2.24) is 4.98 Å². The molecule has 1 heterocycles. The van der Waals surface area contributed by atoms with Gasteiger partial charge >= 0.3 is 0 Å². The Hall–Kier alpha value is -3.38. The van der Waals surface area contributed by atoms with Crippen LogP contribution in [0.5, 0.6) is 0 Å². The van der Waals surface area contributed by atoms with Gasteiger partial charge in [0.1, 0.15) is 0 Å². The predicted octanol–water partition coefficient (Wildman–Crippen LogP) is 4.71. The Balaban J connectivity index is 1.69. The molecule has 0 fully saturated rings. The van der Waals surface area contributed by atoms with Crippen LogP contribution in [0.4, 0.5) is 5.88 Å². The number of rotatable bonds is 7. The molecule has 146 valence electrons. The molecule has 0 radical (unpaired) electrons. The minimum atomic E-state index is -3.81. The summed E-state index contributed by atoms with van der Waals surface area (Å²) in [4.78, 5) is 4.53. The third-order valence-corrected chi connectivity index (χ3v) is 6.12. The Labute approximate surface area is 170 Å². The van der Waals surface area contributed by atoms with Crippen LogP contribution >= 0.6 is 0 Å². The first-order valence-electron chi connectivity index (χ1n) is 9.24. The molecule has 0 saturated carbocycles. The molecule has 0 bridgehead atoms. The Morgan fingerprint density at radius 3 is 1.93 bits per heavy atom. The maximum absolute atomic E-state index is 13.2. The van der Waals surface area contributed by atoms with E-state index in [-0.39, 0.29) is 15.8 Å². The lowest BCUT2D eigenvalue weighted by atomic mass is 10.2. The van der Waals surface area contributed by atoms with E-state index in [1.807, 2.05) is 60.7 Å². The molecule has 0 unspecified atom stereocenters. The molecular formula is C23H20N2O3S. The summed E-state index contributed by atoms with van der Waals surface area (Å²) >= 11 is 0. The van der Waals surface area contributed by atoms with Gasteiger partial charge in [0, 0.05) is 13.0 Å². The first-order chi connectivity index (χ1) is 14.1. The number of sulfone groups is 1. The summed E-state index contributed by atoms with van der Waals surface area (Å²) in [7, 11) is -3.81. The maximum Gasteiger partial charge on any atom is 0.233 e. The number of oxazole rings is 1. The zero-order valence-electron chi connectivity index (χ0n) is 15.7. The second-order valence-electron chi connectivity index (χ2n) is 6.56. The first kappa shape index (κ1) is 19.0. The van der Waals surface area contributed by atoms with E-state index in [1.165, 1.54) is 0 Å². The molecule has 4 aromatic rings. The van der Waals surface area contributed by atoms with E-state index in [9.17, 15) is 8.42 Å². The van der Waals surface area contributed by atoms with Gasteiger partial charge in [-0.25, -0.2) is 8.42 Å². The molecule has 0 amide bonds. The van der Waals surface area contributed by atoms with Gasteiger partial charge in [-0.1, -0.05) is 78.9 Å². The van der Waals surface area contributed by atoms with Gasteiger partial charge in [-0.3, -0.25) is 0 Å². The molecule has 29 heavy (non-hydrogen) atoms. The van der Waals surface area contributed by atoms with Gasteiger partial charge in [0.2, 0.25) is 26.6 Å². The van der Waals surface area contributed by atoms with Crippen molar-refractivity contribution in [3.05, 3.63) is 108 Å². The average molecular weight is 404 g/mol. The lowest BCUT2D eigenvalue weighted by Crippen LogP contribution is -2.07. The zero-order valence-corrected chi connectivity index (χ0v) is 16.5. The van der Waals surface area contributed by atoms with Crippen LogP contribution in [0.15, 0.2) is 105 Å². The molecule has 5 nitrogen and oxygen atoms in total. The van der Waals surface area contributed by atoms with Crippen molar-refractivity contribution in [3.8, 4) is 0 Å². The van der Waals surface area contributed by atoms with Crippen molar-refractivity contribution >= 4 is 15.7 Å². The molecule has 0 atom stereocenters. The third-order valence-electron chi connectivity index (χ3n) is 4.44. The summed E-state index contributed by atoms with van der Waals surface area (Å²) in [5, 5.41) is 3.01. The minimum absolute atomic E-state index is 0.0921. The lowest BCUT2D eigenvalue weighted by Gasteiger charge is -2.06. The molecular weight excluding hydrogens is 384 g/mol. The van der Waals surface area contributed by atoms with Crippen LogP contribution in [0, 0.1) is 0 Å². The lowest BCUT2D eigenvalue weighted by molar-refractivity contribution is 0.516. The zero-order chi connectivity index (χ0) is 20.1. The van der Waals surface area contributed by atoms with Gasteiger partial charge in [0.25, 0.3) is 0 Å². The minimum Gasteiger partial charge on any atom is -0.423 e. The highest BCUT2D eigenvalue weighted by molar-refractivity contribution is 7.91. The highest BCUT2D eigenvalue weighted by atomic mass is 32.2. The van der Waals surface area contributed by atoms with Crippen LogP contribution in [0.3, 0.4) is 0 Å². The van der Waals surface area contributed by atoms with Gasteiger partial charge in [0.05, 0.1) is 4.90 Å². The standard InChI is InChI=1S/C23H20N2O3S/c26-29(27,20-14-8-3-9-15-20)23-22(24-17-19-12-6-2-7-13-19)28-21(25-23)16-18-10-4-1-5-11-18/h1-15,24H,16-17H2. The highest BCUT2D eigenvalue weighted by Crippen LogP contribution is 2.29. The summed E-state index contributed by atoms with van der Waals surface area (Å²) < 4.78 is 32.2. The smallest absolute Gasteiger partial charge is 0.233 e. The van der Waals surface area contributed by atoms with Crippen LogP contribution in [-0.4, -0.2) is 13.4 Å². The van der Waals surface area contributed by atoms with E-state index in [2.05, 4.69) is 10.3 Å². The Morgan fingerprint density at radius 1 is 0.759 bits per heavy atom. The molecule has 0 spiro atoms. The van der Waals surface area contributed by atoms with Crippen molar-refractivity contribution in [2.45, 2.75) is 22.9 Å². The summed E-state index contributed by atoms with van der Waals surface area (Å²) in [6, 6.07) is 27.7. The second-order valence-corrected chi connectivity index (χ2v) is 8.42. The quantitative estimate of drug-likeness (QED) is 0.483. The summed E-state index contributed by atoms with van der Waals surface area (Å²) in [5.41, 5.74) is 2.00. The van der Waals surface area contributed by atoms with E-state index in [0.717, 1.165) is 11.1 Å². The molecule has 1 N–H and O–H groups in total. The predicted molar refractivity (Wildman–Crippen MR) is 111 cm³/mol. The number of hydrogen-bond donors (Lipinski definition) is 1. The normalized spacial score (nSPS) is 11.3. The number of anilines is 1. The van der Waals surface area contributed by atoms with Crippen molar-refractivity contribution in [3.63, 3.8) is 0 Å². The fourth-order valence-electron chi connectivity index (χ4n) is 2.98. The van der Waals surface area contributed by atoms with Crippen LogP contribution < -0.4 is 5.32 Å². The van der Waals surface area contributed by atoms with Gasteiger partial charge in [-0.15, -0.1) is 0 Å². The van der Waals surface area contributed by atoms with Crippen LogP contribution in [-0.2, 0) is 22.8 Å². The molecule has 0 aliphatic carbocycles. The van der Waals surface area contributed by atoms with Crippen LogP contribution in [0.1, 0.15) is 17.0 Å². The summed E-state index contributed by atoms with van der Waals surface area (Å²) in [6.45, 7) is 0.429. The number of nitrogens with one attached hydrogen (secondary N) is 1. The SMILES string of the molecule is O=S(=O)(c1ccccc1)c1nc(Cc2ccccc2)oc1NCc1ccccc1. The van der Waals surface area contributed by atoms with Gasteiger partial charge in [-0.05, 0) is 23.3 Å². The van der Waals surface area contributed by atoms with E-state index in [4.69, 9.17) is 4.42 Å². The molecule has 6 heteroatoms. The number of benzene rings is 3. The summed E-state index contributed by atoms with van der Waals surface area (Å²) in [5.74, 6) is 0.505. The van der Waals surface area contributed by atoms with E-state index >= 15 is 0 Å². The van der Waals surface area contributed by atoms with Crippen LogP contribution in [0.25, 0.3) is 0 Å². The first-order valence-corrected chi connectivity index (χ1v) is 10.7. The molecule has 0 aliphatic rings. The van der Waals surface area contributed by atoms with Crippen molar-refractivity contribution in [2.24, 2.45) is 0 Å².